The average molecular weight is 185 g/mol. The van der Waals surface area contributed by atoms with Gasteiger partial charge < -0.3 is 5.73 Å². The maximum Gasteiger partial charge on any atom is 0.203 e. The van der Waals surface area contributed by atoms with Crippen LogP contribution in [0.1, 0.15) is 32.2 Å². The normalized spacial score (nSPS) is 11.9. The third-order valence-electron chi connectivity index (χ3n) is 1.57. The molecule has 1 aromatic heterocycles. The second-order valence-electron chi connectivity index (χ2n) is 4.09. The van der Waals surface area contributed by atoms with Gasteiger partial charge in [0.05, 0.1) is 0 Å². The first-order valence-corrected chi connectivity index (χ1v) is 4.87. The van der Waals surface area contributed by atoms with Crippen molar-refractivity contribution in [3.05, 3.63) is 5.01 Å². The van der Waals surface area contributed by atoms with E-state index in [-0.39, 0.29) is 0 Å². The van der Waals surface area contributed by atoms with E-state index in [2.05, 4.69) is 31.0 Å². The lowest BCUT2D eigenvalue weighted by molar-refractivity contribution is 0.377. The molecule has 0 fully saturated rings. The summed E-state index contributed by atoms with van der Waals surface area (Å²) in [5.41, 5.74) is 5.82. The molecule has 1 rings (SSSR count). The topological polar surface area (TPSA) is 51.8 Å². The Labute approximate surface area is 77.0 Å². The van der Waals surface area contributed by atoms with Crippen LogP contribution < -0.4 is 5.73 Å². The molecule has 0 radical (unpaired) electrons. The van der Waals surface area contributed by atoms with Gasteiger partial charge in [-0.3, -0.25) is 0 Å². The minimum atomic E-state index is 0.362. The zero-order valence-electron chi connectivity index (χ0n) is 7.79. The summed E-state index contributed by atoms with van der Waals surface area (Å²) >= 11 is 1.48. The van der Waals surface area contributed by atoms with Gasteiger partial charge in [-0.2, -0.15) is 0 Å². The molecule has 1 heterocycles. The fourth-order valence-corrected chi connectivity index (χ4v) is 1.46. The van der Waals surface area contributed by atoms with E-state index < -0.39 is 0 Å². The highest BCUT2D eigenvalue weighted by molar-refractivity contribution is 7.15. The zero-order chi connectivity index (χ0) is 9.19. The van der Waals surface area contributed by atoms with Crippen molar-refractivity contribution in [3.8, 4) is 0 Å². The molecule has 12 heavy (non-hydrogen) atoms. The number of aryl methyl sites for hydroxylation is 1. The van der Waals surface area contributed by atoms with Crippen molar-refractivity contribution in [2.45, 2.75) is 33.6 Å². The Morgan fingerprint density at radius 2 is 2.00 bits per heavy atom. The van der Waals surface area contributed by atoms with Crippen LogP contribution in [0.15, 0.2) is 0 Å². The average Bonchev–Trinajstić information content (AvgIpc) is 2.30. The molecule has 68 valence electrons. The van der Waals surface area contributed by atoms with E-state index in [1.807, 2.05) is 0 Å². The molecular formula is C8H15N3S. The third kappa shape index (κ3) is 3.17. The SMILES string of the molecule is CC(C)(C)CCc1nnc(N)s1. The fraction of sp³-hybridized carbons (Fsp3) is 0.750. The standard InChI is InChI=1S/C8H15N3S/c1-8(2,3)5-4-6-10-11-7(9)12-6/h4-5H2,1-3H3,(H2,9,11). The monoisotopic (exact) mass is 185 g/mol. The van der Waals surface area contributed by atoms with E-state index in [0.717, 1.165) is 17.8 Å². The molecule has 0 aliphatic rings. The Balaban J connectivity index is 2.44. The van der Waals surface area contributed by atoms with Crippen molar-refractivity contribution >= 4 is 16.5 Å². The highest BCUT2D eigenvalue weighted by Crippen LogP contribution is 2.22. The van der Waals surface area contributed by atoms with Crippen LogP contribution in [0, 0.1) is 5.41 Å². The summed E-state index contributed by atoms with van der Waals surface area (Å²) in [4.78, 5) is 0. The number of aromatic nitrogens is 2. The summed E-state index contributed by atoms with van der Waals surface area (Å²) in [5.74, 6) is 0. The summed E-state index contributed by atoms with van der Waals surface area (Å²) < 4.78 is 0. The lowest BCUT2D eigenvalue weighted by Gasteiger charge is -2.16. The Bertz CT molecular complexity index is 249. The molecule has 0 aromatic carbocycles. The number of hydrogen-bond acceptors (Lipinski definition) is 4. The van der Waals surface area contributed by atoms with Gasteiger partial charge in [0, 0.05) is 6.42 Å². The van der Waals surface area contributed by atoms with E-state index in [4.69, 9.17) is 5.73 Å². The van der Waals surface area contributed by atoms with Crippen molar-refractivity contribution in [1.82, 2.24) is 10.2 Å². The van der Waals surface area contributed by atoms with Crippen LogP contribution in [0.25, 0.3) is 0 Å². The Morgan fingerprint density at radius 1 is 1.33 bits per heavy atom. The second-order valence-corrected chi connectivity index (χ2v) is 5.19. The minimum absolute atomic E-state index is 0.362. The van der Waals surface area contributed by atoms with Crippen LogP contribution >= 0.6 is 11.3 Å². The minimum Gasteiger partial charge on any atom is -0.374 e. The Hall–Kier alpha value is -0.640. The second kappa shape index (κ2) is 3.39. The number of hydrogen-bond donors (Lipinski definition) is 1. The van der Waals surface area contributed by atoms with Gasteiger partial charge in [0.2, 0.25) is 5.13 Å². The molecular weight excluding hydrogens is 170 g/mol. The number of rotatable bonds is 2. The summed E-state index contributed by atoms with van der Waals surface area (Å²) in [6, 6.07) is 0. The lowest BCUT2D eigenvalue weighted by atomic mass is 9.91. The predicted octanol–water partition coefficient (Wildman–Crippen LogP) is 2.10. The van der Waals surface area contributed by atoms with Gasteiger partial charge in [-0.15, -0.1) is 10.2 Å². The largest absolute Gasteiger partial charge is 0.374 e. The van der Waals surface area contributed by atoms with Crippen LogP contribution in [0.2, 0.25) is 0 Å². The molecule has 0 unspecified atom stereocenters. The van der Waals surface area contributed by atoms with Gasteiger partial charge >= 0.3 is 0 Å². The highest BCUT2D eigenvalue weighted by Gasteiger charge is 2.11. The van der Waals surface area contributed by atoms with Crippen LogP contribution in [0.3, 0.4) is 0 Å². The van der Waals surface area contributed by atoms with Crippen LogP contribution in [0.5, 0.6) is 0 Å². The molecule has 3 nitrogen and oxygen atoms in total. The van der Waals surface area contributed by atoms with Crippen LogP contribution in [0.4, 0.5) is 5.13 Å². The number of nitrogens with zero attached hydrogens (tertiary/aromatic N) is 2. The lowest BCUT2D eigenvalue weighted by Crippen LogP contribution is -2.06. The van der Waals surface area contributed by atoms with E-state index in [1.165, 1.54) is 11.3 Å². The number of nitrogens with two attached hydrogens (primary N) is 1. The maximum absolute atomic E-state index is 5.46. The quantitative estimate of drug-likeness (QED) is 0.767. The van der Waals surface area contributed by atoms with Crippen LogP contribution in [-0.2, 0) is 6.42 Å². The van der Waals surface area contributed by atoms with Gasteiger partial charge in [-0.05, 0) is 11.8 Å². The maximum atomic E-state index is 5.46. The van der Waals surface area contributed by atoms with Crippen molar-refractivity contribution in [3.63, 3.8) is 0 Å². The summed E-state index contributed by atoms with van der Waals surface area (Å²) in [5, 5.41) is 9.34. The zero-order valence-corrected chi connectivity index (χ0v) is 8.61. The van der Waals surface area contributed by atoms with E-state index in [9.17, 15) is 0 Å². The van der Waals surface area contributed by atoms with Gasteiger partial charge in [-0.1, -0.05) is 32.1 Å². The summed E-state index contributed by atoms with van der Waals surface area (Å²) in [6.45, 7) is 6.66. The molecule has 0 saturated heterocycles. The first kappa shape index (κ1) is 9.45. The molecule has 0 atom stereocenters. The van der Waals surface area contributed by atoms with E-state index >= 15 is 0 Å². The van der Waals surface area contributed by atoms with Crippen molar-refractivity contribution in [2.75, 3.05) is 5.73 Å². The predicted molar refractivity (Wildman–Crippen MR) is 52.1 cm³/mol. The first-order valence-electron chi connectivity index (χ1n) is 4.05. The molecule has 0 bridgehead atoms. The molecule has 0 spiro atoms. The first-order chi connectivity index (χ1) is 5.47. The smallest absolute Gasteiger partial charge is 0.203 e. The number of nitrogen functional groups attached to an aromatic ring is 1. The van der Waals surface area contributed by atoms with Crippen molar-refractivity contribution in [2.24, 2.45) is 5.41 Å². The van der Waals surface area contributed by atoms with Crippen LogP contribution in [-0.4, -0.2) is 10.2 Å². The molecule has 0 amide bonds. The van der Waals surface area contributed by atoms with E-state index in [0.29, 0.717) is 10.5 Å². The Kier molecular flexibility index (Phi) is 2.67. The van der Waals surface area contributed by atoms with E-state index in [1.54, 1.807) is 0 Å². The fourth-order valence-electron chi connectivity index (χ4n) is 0.850. The number of anilines is 1. The van der Waals surface area contributed by atoms with Gasteiger partial charge in [-0.25, -0.2) is 0 Å². The van der Waals surface area contributed by atoms with Gasteiger partial charge in [0.1, 0.15) is 5.01 Å². The highest BCUT2D eigenvalue weighted by atomic mass is 32.1. The molecule has 0 aliphatic carbocycles. The van der Waals surface area contributed by atoms with Gasteiger partial charge in [0.15, 0.2) is 0 Å². The van der Waals surface area contributed by atoms with Crippen molar-refractivity contribution < 1.29 is 0 Å². The Morgan fingerprint density at radius 3 is 2.42 bits per heavy atom. The molecule has 1 aromatic rings. The molecule has 4 heteroatoms. The molecule has 0 saturated carbocycles. The molecule has 0 aliphatic heterocycles. The summed E-state index contributed by atoms with van der Waals surface area (Å²) in [7, 11) is 0. The third-order valence-corrected chi connectivity index (χ3v) is 2.38. The van der Waals surface area contributed by atoms with Gasteiger partial charge in [0.25, 0.3) is 0 Å². The molecule has 2 N–H and O–H groups in total. The summed E-state index contributed by atoms with van der Waals surface area (Å²) in [6.07, 6.45) is 2.11. The van der Waals surface area contributed by atoms with Crippen molar-refractivity contribution in [1.29, 1.82) is 0 Å².